The number of esters is 1. The van der Waals surface area contributed by atoms with Crippen molar-refractivity contribution in [2.75, 3.05) is 7.11 Å². The van der Waals surface area contributed by atoms with E-state index >= 15 is 0 Å². The number of carbonyl (C=O) groups is 1. The van der Waals surface area contributed by atoms with Crippen LogP contribution in [0.25, 0.3) is 0 Å². The second kappa shape index (κ2) is 3.72. The maximum atomic E-state index is 11.1. The van der Waals surface area contributed by atoms with Crippen LogP contribution >= 0.6 is 0 Å². The normalized spacial score (nSPS) is 29.4. The quantitative estimate of drug-likeness (QED) is 0.469. The predicted octanol–water partition coefficient (Wildman–Crippen LogP) is 0.877. The van der Waals surface area contributed by atoms with Crippen LogP contribution in [0, 0.1) is 5.92 Å². The molecule has 0 saturated carbocycles. The number of aliphatic hydroxyl groups is 1. The van der Waals surface area contributed by atoms with E-state index in [1.54, 1.807) is 0 Å². The first-order valence-corrected chi connectivity index (χ1v) is 4.07. The smallest absolute Gasteiger partial charge is 0.309 e. The van der Waals surface area contributed by atoms with E-state index in [1.807, 2.05) is 13.0 Å². The highest BCUT2D eigenvalue weighted by Crippen LogP contribution is 2.24. The molecule has 0 aromatic heterocycles. The van der Waals surface area contributed by atoms with Gasteiger partial charge in [0.05, 0.1) is 19.1 Å². The van der Waals surface area contributed by atoms with Crippen molar-refractivity contribution < 1.29 is 14.6 Å². The lowest BCUT2D eigenvalue weighted by Crippen LogP contribution is -2.25. The molecule has 0 fully saturated rings. The van der Waals surface area contributed by atoms with Crippen molar-refractivity contribution in [3.05, 3.63) is 11.6 Å². The molecule has 0 bridgehead atoms. The Morgan fingerprint density at radius 1 is 1.75 bits per heavy atom. The van der Waals surface area contributed by atoms with Crippen LogP contribution in [0.5, 0.6) is 0 Å². The number of carbonyl (C=O) groups excluding carboxylic acids is 1. The van der Waals surface area contributed by atoms with Gasteiger partial charge in [-0.3, -0.25) is 4.79 Å². The molecular weight excluding hydrogens is 156 g/mol. The van der Waals surface area contributed by atoms with E-state index in [4.69, 9.17) is 0 Å². The van der Waals surface area contributed by atoms with Gasteiger partial charge in [0, 0.05) is 0 Å². The summed E-state index contributed by atoms with van der Waals surface area (Å²) in [6.07, 6.45) is 2.61. The topological polar surface area (TPSA) is 46.5 Å². The molecule has 3 heteroatoms. The summed E-state index contributed by atoms with van der Waals surface area (Å²) < 4.78 is 4.59. The van der Waals surface area contributed by atoms with Crippen LogP contribution in [-0.2, 0) is 9.53 Å². The summed E-state index contributed by atoms with van der Waals surface area (Å²) in [5, 5.41) is 9.42. The van der Waals surface area contributed by atoms with Crippen molar-refractivity contribution in [2.45, 2.75) is 25.9 Å². The zero-order chi connectivity index (χ0) is 9.14. The summed E-state index contributed by atoms with van der Waals surface area (Å²) >= 11 is 0. The molecule has 0 unspecified atom stereocenters. The van der Waals surface area contributed by atoms with Crippen LogP contribution in [0.2, 0.25) is 0 Å². The van der Waals surface area contributed by atoms with Crippen molar-refractivity contribution in [2.24, 2.45) is 5.92 Å². The van der Waals surface area contributed by atoms with Crippen molar-refractivity contribution in [1.82, 2.24) is 0 Å². The number of methoxy groups -OCH3 is 1. The molecule has 0 spiro atoms. The SMILES string of the molecule is COC(=O)[C@H]1CC=C(C)[C@@H](O)C1. The third-order valence-electron chi connectivity index (χ3n) is 2.29. The number of rotatable bonds is 1. The third kappa shape index (κ3) is 1.85. The van der Waals surface area contributed by atoms with Crippen molar-refractivity contribution >= 4 is 5.97 Å². The zero-order valence-corrected chi connectivity index (χ0v) is 7.41. The van der Waals surface area contributed by atoms with Crippen LogP contribution < -0.4 is 0 Å². The molecular formula is C9H14O3. The molecule has 68 valence electrons. The Morgan fingerprint density at radius 2 is 2.42 bits per heavy atom. The average molecular weight is 170 g/mol. The van der Waals surface area contributed by atoms with Crippen molar-refractivity contribution in [3.63, 3.8) is 0 Å². The third-order valence-corrected chi connectivity index (χ3v) is 2.29. The fourth-order valence-corrected chi connectivity index (χ4v) is 1.37. The molecule has 3 nitrogen and oxygen atoms in total. The Kier molecular flexibility index (Phi) is 2.87. The first-order valence-electron chi connectivity index (χ1n) is 4.07. The van der Waals surface area contributed by atoms with E-state index in [1.165, 1.54) is 7.11 Å². The Morgan fingerprint density at radius 3 is 2.92 bits per heavy atom. The van der Waals surface area contributed by atoms with E-state index in [9.17, 15) is 9.90 Å². The molecule has 0 heterocycles. The van der Waals surface area contributed by atoms with Gasteiger partial charge in [-0.1, -0.05) is 6.08 Å². The number of ether oxygens (including phenoxy) is 1. The summed E-state index contributed by atoms with van der Waals surface area (Å²) in [5.41, 5.74) is 0.954. The number of allylic oxidation sites excluding steroid dienone is 1. The molecule has 1 aliphatic rings. The fraction of sp³-hybridized carbons (Fsp3) is 0.667. The summed E-state index contributed by atoms with van der Waals surface area (Å²) in [4.78, 5) is 11.1. The number of aliphatic hydroxyl groups excluding tert-OH is 1. The van der Waals surface area contributed by atoms with Crippen LogP contribution in [0.4, 0.5) is 0 Å². The fourth-order valence-electron chi connectivity index (χ4n) is 1.37. The first kappa shape index (κ1) is 9.26. The van der Waals surface area contributed by atoms with Crippen LogP contribution in [-0.4, -0.2) is 24.3 Å². The molecule has 1 N–H and O–H groups in total. The Bertz CT molecular complexity index is 208. The lowest BCUT2D eigenvalue weighted by atomic mass is 9.88. The maximum Gasteiger partial charge on any atom is 0.309 e. The van der Waals surface area contributed by atoms with Gasteiger partial charge in [-0.05, 0) is 25.3 Å². The van der Waals surface area contributed by atoms with Gasteiger partial charge < -0.3 is 9.84 Å². The zero-order valence-electron chi connectivity index (χ0n) is 7.41. The highest BCUT2D eigenvalue weighted by molar-refractivity contribution is 5.72. The van der Waals surface area contributed by atoms with E-state index in [0.717, 1.165) is 5.57 Å². The first-order chi connectivity index (χ1) is 5.65. The van der Waals surface area contributed by atoms with Gasteiger partial charge >= 0.3 is 5.97 Å². The predicted molar refractivity (Wildman–Crippen MR) is 44.5 cm³/mol. The largest absolute Gasteiger partial charge is 0.469 e. The standard InChI is InChI=1S/C9H14O3/c1-6-3-4-7(5-8(6)10)9(11)12-2/h3,7-8,10H,4-5H2,1-2H3/t7-,8-/m0/s1. The molecule has 0 aliphatic heterocycles. The molecule has 2 atom stereocenters. The summed E-state index contributed by atoms with van der Waals surface area (Å²) in [5.74, 6) is -0.383. The Labute approximate surface area is 72.0 Å². The van der Waals surface area contributed by atoms with E-state index in [2.05, 4.69) is 4.74 Å². The second-order valence-electron chi connectivity index (χ2n) is 3.16. The monoisotopic (exact) mass is 170 g/mol. The number of hydrogen-bond acceptors (Lipinski definition) is 3. The van der Waals surface area contributed by atoms with E-state index in [0.29, 0.717) is 12.8 Å². The van der Waals surface area contributed by atoms with Gasteiger partial charge in [0.2, 0.25) is 0 Å². The molecule has 1 rings (SSSR count). The van der Waals surface area contributed by atoms with Gasteiger partial charge in [-0.2, -0.15) is 0 Å². The molecule has 1 aliphatic carbocycles. The molecule has 0 radical (unpaired) electrons. The van der Waals surface area contributed by atoms with E-state index in [-0.39, 0.29) is 11.9 Å². The van der Waals surface area contributed by atoms with Crippen molar-refractivity contribution in [1.29, 1.82) is 0 Å². The number of hydrogen-bond donors (Lipinski definition) is 1. The lowest BCUT2D eigenvalue weighted by Gasteiger charge is -2.22. The van der Waals surface area contributed by atoms with E-state index < -0.39 is 6.10 Å². The molecule has 12 heavy (non-hydrogen) atoms. The minimum absolute atomic E-state index is 0.159. The van der Waals surface area contributed by atoms with Crippen molar-refractivity contribution in [3.8, 4) is 0 Å². The lowest BCUT2D eigenvalue weighted by molar-refractivity contribution is -0.146. The van der Waals surface area contributed by atoms with Gasteiger partial charge in [0.1, 0.15) is 0 Å². The van der Waals surface area contributed by atoms with Gasteiger partial charge in [0.25, 0.3) is 0 Å². The molecule has 0 amide bonds. The molecule has 0 saturated heterocycles. The van der Waals surface area contributed by atoms with Crippen LogP contribution in [0.15, 0.2) is 11.6 Å². The maximum absolute atomic E-state index is 11.1. The minimum atomic E-state index is -0.470. The summed E-state index contributed by atoms with van der Waals surface area (Å²) in [6, 6.07) is 0. The second-order valence-corrected chi connectivity index (χ2v) is 3.16. The highest BCUT2D eigenvalue weighted by atomic mass is 16.5. The summed E-state index contributed by atoms with van der Waals surface area (Å²) in [6.45, 7) is 1.87. The van der Waals surface area contributed by atoms with Gasteiger partial charge in [0.15, 0.2) is 0 Å². The molecule has 0 aromatic rings. The Balaban J connectivity index is 2.59. The summed E-state index contributed by atoms with van der Waals surface area (Å²) in [7, 11) is 1.37. The highest BCUT2D eigenvalue weighted by Gasteiger charge is 2.25. The minimum Gasteiger partial charge on any atom is -0.469 e. The van der Waals surface area contributed by atoms with Gasteiger partial charge in [-0.15, -0.1) is 0 Å². The average Bonchev–Trinajstić information content (AvgIpc) is 2.08. The van der Waals surface area contributed by atoms with Gasteiger partial charge in [-0.25, -0.2) is 0 Å². The van der Waals surface area contributed by atoms with Crippen LogP contribution in [0.3, 0.4) is 0 Å². The Hall–Kier alpha value is -0.830. The van der Waals surface area contributed by atoms with Crippen LogP contribution in [0.1, 0.15) is 19.8 Å². The molecule has 0 aromatic carbocycles.